The zero-order valence-corrected chi connectivity index (χ0v) is 42.7. The number of nitrogens with two attached hydrogens (primary N) is 2. The Morgan fingerprint density at radius 3 is 1.47 bits per heavy atom. The van der Waals surface area contributed by atoms with Gasteiger partial charge in [-0.25, -0.2) is 0 Å². The average molecular weight is 1040 g/mol. The molecule has 1 unspecified atom stereocenters. The number of carbonyl (C=O) groups is 9. The Morgan fingerprint density at radius 2 is 0.986 bits per heavy atom. The third kappa shape index (κ3) is 19.5. The molecular weight excluding hydrogens is 957 g/mol. The van der Waals surface area contributed by atoms with Crippen LogP contribution in [0.3, 0.4) is 0 Å². The number of hydrogen-bond acceptors (Lipinski definition) is 15. The zero-order chi connectivity index (χ0) is 55.3. The van der Waals surface area contributed by atoms with Crippen LogP contribution in [0.25, 0.3) is 0 Å². The Kier molecular flexibility index (Phi) is 26.2. The van der Waals surface area contributed by atoms with Crippen molar-refractivity contribution in [2.45, 2.75) is 148 Å². The fourth-order valence-corrected chi connectivity index (χ4v) is 7.54. The molecular formula is C47H78N12O14. The van der Waals surface area contributed by atoms with Crippen molar-refractivity contribution in [1.82, 2.24) is 47.9 Å². The summed E-state index contributed by atoms with van der Waals surface area (Å²) in [6, 6.07) is -6.51. The monoisotopic (exact) mass is 1030 g/mol. The van der Waals surface area contributed by atoms with Crippen molar-refractivity contribution in [2.24, 2.45) is 40.1 Å². The van der Waals surface area contributed by atoms with Crippen LogP contribution in [0.5, 0.6) is 0 Å². The Morgan fingerprint density at radius 1 is 0.562 bits per heavy atom. The van der Waals surface area contributed by atoms with E-state index < -0.39 is 157 Å². The minimum absolute atomic E-state index is 0.0129. The molecule has 26 heteroatoms. The van der Waals surface area contributed by atoms with E-state index in [1.807, 2.05) is 0 Å². The van der Waals surface area contributed by atoms with E-state index in [-0.39, 0.29) is 44.1 Å². The summed E-state index contributed by atoms with van der Waals surface area (Å²) < 4.78 is 0. The van der Waals surface area contributed by atoms with Gasteiger partial charge in [-0.2, -0.15) is 0 Å². The standard InChI is InChI=1S/C47H78N12O14/c1-9-24(6)33-44(71)58-35(26(8)63)45(72)55-31(20-61)42(69)53-30(19-60)41(68)54-32(21-62)43(70)57-34(27-14-11-10-12-15-27)25(7)38(65)59-36(37(64)23(4)5)46(73)52-29(18-22(2)3)40(67)51-28(39(66)56-33)16-13-17-50-47(48)49/h10-12,14-15,22-26,28-37,60-64H,9,13,16-21H2,1-8H3,(H,51,67)(H,52,73)(H,53,69)(H,54,68)(H,55,72)(H,56,66)(H,57,70)(H,58,71)(H,59,65)(H4,48,49,50)/t24-,25-,26-,28+,29-,30-,31+,32?,33-,34-,35-,36-,37+/m0/s1. The minimum Gasteiger partial charge on any atom is -0.394 e. The van der Waals surface area contributed by atoms with Gasteiger partial charge in [0.25, 0.3) is 0 Å². The summed E-state index contributed by atoms with van der Waals surface area (Å²) in [7, 11) is 0. The highest BCUT2D eigenvalue weighted by molar-refractivity contribution is 5.98. The first-order valence-corrected chi connectivity index (χ1v) is 24.3. The second kappa shape index (κ2) is 30.5. The Hall–Kier alpha value is -6.48. The van der Waals surface area contributed by atoms with Gasteiger partial charge in [0.15, 0.2) is 5.96 Å². The summed E-state index contributed by atoms with van der Waals surface area (Å²) in [6.45, 7) is 9.28. The number of aliphatic hydroxyl groups is 5. The molecule has 0 spiro atoms. The van der Waals surface area contributed by atoms with E-state index in [0.717, 1.165) is 6.92 Å². The van der Waals surface area contributed by atoms with E-state index in [4.69, 9.17) is 11.5 Å². The van der Waals surface area contributed by atoms with Gasteiger partial charge in [0.2, 0.25) is 53.2 Å². The molecule has 9 amide bonds. The van der Waals surface area contributed by atoms with Crippen molar-refractivity contribution < 1.29 is 68.7 Å². The van der Waals surface area contributed by atoms with E-state index in [1.165, 1.54) is 6.92 Å². The molecule has 1 fully saturated rings. The van der Waals surface area contributed by atoms with Crippen LogP contribution in [0, 0.1) is 23.7 Å². The van der Waals surface area contributed by atoms with Gasteiger partial charge in [-0.05, 0) is 49.5 Å². The normalized spacial score (nSPS) is 27.5. The van der Waals surface area contributed by atoms with Crippen LogP contribution in [0.15, 0.2) is 35.3 Å². The smallest absolute Gasteiger partial charge is 0.245 e. The zero-order valence-electron chi connectivity index (χ0n) is 42.7. The van der Waals surface area contributed by atoms with E-state index >= 15 is 0 Å². The van der Waals surface area contributed by atoms with Crippen molar-refractivity contribution >= 4 is 59.1 Å². The lowest BCUT2D eigenvalue weighted by Crippen LogP contribution is -2.63. The van der Waals surface area contributed by atoms with Gasteiger partial charge in [-0.15, -0.1) is 0 Å². The second-order valence-electron chi connectivity index (χ2n) is 18.9. The third-order valence-electron chi connectivity index (χ3n) is 12.2. The largest absolute Gasteiger partial charge is 0.394 e. The lowest BCUT2D eigenvalue weighted by molar-refractivity contribution is -0.139. The quantitative estimate of drug-likeness (QED) is 0.0444. The Bertz CT molecular complexity index is 2060. The van der Waals surface area contributed by atoms with Crippen molar-refractivity contribution in [3.63, 3.8) is 0 Å². The van der Waals surface area contributed by atoms with E-state index in [9.17, 15) is 68.7 Å². The molecule has 0 bridgehead atoms. The van der Waals surface area contributed by atoms with Gasteiger partial charge in [0.1, 0.15) is 48.3 Å². The van der Waals surface area contributed by atoms with Crippen molar-refractivity contribution in [2.75, 3.05) is 26.4 Å². The summed E-state index contributed by atoms with van der Waals surface area (Å²) in [4.78, 5) is 129. The van der Waals surface area contributed by atoms with Gasteiger partial charge in [-0.1, -0.05) is 85.2 Å². The Balaban J connectivity index is 2.84. The molecule has 1 heterocycles. The van der Waals surface area contributed by atoms with Crippen LogP contribution in [0.4, 0.5) is 0 Å². The summed E-state index contributed by atoms with van der Waals surface area (Å²) in [5.74, 6) is -12.4. The molecule has 1 aromatic rings. The van der Waals surface area contributed by atoms with Crippen molar-refractivity contribution in [3.8, 4) is 0 Å². The predicted molar refractivity (Wildman–Crippen MR) is 265 cm³/mol. The lowest BCUT2D eigenvalue weighted by atomic mass is 9.91. The van der Waals surface area contributed by atoms with E-state index in [0.29, 0.717) is 5.56 Å². The van der Waals surface area contributed by atoms with E-state index in [2.05, 4.69) is 52.8 Å². The maximum Gasteiger partial charge on any atom is 0.245 e. The number of amides is 9. The van der Waals surface area contributed by atoms with Gasteiger partial charge in [0.05, 0.1) is 44.0 Å². The predicted octanol–water partition coefficient (Wildman–Crippen LogP) is -5.11. The average Bonchev–Trinajstić information content (AvgIpc) is 3.34. The number of rotatable bonds is 15. The highest BCUT2D eigenvalue weighted by atomic mass is 16.3. The highest BCUT2D eigenvalue weighted by Crippen LogP contribution is 2.24. The van der Waals surface area contributed by atoms with Gasteiger partial charge in [-0.3, -0.25) is 48.1 Å². The molecule has 0 radical (unpaired) electrons. The SMILES string of the molecule is CC[C@H](C)[C@@H]1NC(=O)[C@@H](CCCN=C(N)N)NC(=O)[C@H](CC(C)C)NC(=O)[C@H]([C@H](O)C(C)C)NC(=O)[C@@H](C)[C@@H](c2ccccc2)NC(=O)C(CO)NC(=O)[C@H](CO)NC(=O)[C@@H](CO)NC(=O)[C@H]([C@H](C)O)NC1=O. The molecule has 1 saturated heterocycles. The molecule has 0 saturated carbocycles. The number of carbonyl (C=O) groups excluding carboxylic acids is 9. The maximum absolute atomic E-state index is 14.3. The summed E-state index contributed by atoms with van der Waals surface area (Å²) >= 11 is 0. The fraction of sp³-hybridized carbons (Fsp3) is 0.660. The van der Waals surface area contributed by atoms with Gasteiger partial charge < -0.3 is 84.9 Å². The van der Waals surface area contributed by atoms with Crippen LogP contribution in [0.1, 0.15) is 92.7 Å². The number of aliphatic imine (C=N–C) groups is 1. The molecule has 26 nitrogen and oxygen atoms in total. The van der Waals surface area contributed by atoms with Crippen molar-refractivity contribution in [1.29, 1.82) is 0 Å². The molecule has 1 aliphatic heterocycles. The van der Waals surface area contributed by atoms with Crippen LogP contribution in [0.2, 0.25) is 0 Å². The molecule has 18 N–H and O–H groups in total. The maximum atomic E-state index is 14.3. The molecule has 1 aromatic carbocycles. The van der Waals surface area contributed by atoms with Crippen LogP contribution in [-0.2, 0) is 43.2 Å². The lowest BCUT2D eigenvalue weighted by Gasteiger charge is -2.32. The fourth-order valence-electron chi connectivity index (χ4n) is 7.54. The van der Waals surface area contributed by atoms with Gasteiger partial charge >= 0.3 is 0 Å². The molecule has 0 aliphatic carbocycles. The molecule has 73 heavy (non-hydrogen) atoms. The third-order valence-corrected chi connectivity index (χ3v) is 12.2. The molecule has 13 atom stereocenters. The number of nitrogens with zero attached hydrogens (tertiary/aromatic N) is 1. The first-order valence-electron chi connectivity index (χ1n) is 24.3. The highest BCUT2D eigenvalue weighted by Gasteiger charge is 2.40. The Labute approximate surface area is 424 Å². The topological polar surface area (TPSA) is 427 Å². The molecule has 2 rings (SSSR count). The summed E-state index contributed by atoms with van der Waals surface area (Å²) in [6.07, 6.45) is -2.96. The van der Waals surface area contributed by atoms with Crippen molar-refractivity contribution in [3.05, 3.63) is 35.9 Å². The second-order valence-corrected chi connectivity index (χ2v) is 18.9. The minimum atomic E-state index is -1.87. The molecule has 1 aliphatic rings. The number of hydrogen-bond donors (Lipinski definition) is 16. The van der Waals surface area contributed by atoms with Crippen LogP contribution < -0.4 is 59.3 Å². The summed E-state index contributed by atoms with van der Waals surface area (Å²) in [5, 5.41) is 74.7. The van der Waals surface area contributed by atoms with Crippen LogP contribution in [-0.4, -0.2) is 172 Å². The number of nitrogens with one attached hydrogen (secondary N) is 9. The summed E-state index contributed by atoms with van der Waals surface area (Å²) in [5.41, 5.74) is 11.4. The number of benzene rings is 1. The first kappa shape index (κ1) is 62.6. The molecule has 410 valence electrons. The molecule has 0 aromatic heterocycles. The van der Waals surface area contributed by atoms with E-state index in [1.54, 1.807) is 71.9 Å². The number of aliphatic hydroxyl groups excluding tert-OH is 5. The van der Waals surface area contributed by atoms with Crippen LogP contribution >= 0.6 is 0 Å². The first-order chi connectivity index (χ1) is 34.3. The number of guanidine groups is 1. The van der Waals surface area contributed by atoms with Gasteiger partial charge in [0, 0.05) is 6.54 Å².